The van der Waals surface area contributed by atoms with Gasteiger partial charge in [-0.3, -0.25) is 38.6 Å². The summed E-state index contributed by atoms with van der Waals surface area (Å²) in [5, 5.41) is 18.8. The Hall–Kier alpha value is -6.67. The molecule has 0 spiro atoms. The average Bonchev–Trinajstić information content (AvgIpc) is 3.64. The fourth-order valence-corrected chi connectivity index (χ4v) is 8.19. The Morgan fingerprint density at radius 1 is 0.548 bits per heavy atom. The second kappa shape index (κ2) is 39.0. The second-order valence-electron chi connectivity index (χ2n) is 22.3. The third-order valence-electron chi connectivity index (χ3n) is 14.5. The Morgan fingerprint density at radius 2 is 1.01 bits per heavy atom. The molecule has 0 heterocycles. The number of nitrogens with one attached hydrogen (secondary N) is 3. The lowest BCUT2D eigenvalue weighted by Crippen LogP contribution is -2.44. The highest BCUT2D eigenvalue weighted by Gasteiger charge is 2.24. The van der Waals surface area contributed by atoms with E-state index in [4.69, 9.17) is 33.4 Å². The molecule has 2 rings (SSSR count). The zero-order valence-corrected chi connectivity index (χ0v) is 53.0. The third-order valence-corrected chi connectivity index (χ3v) is 14.5. The van der Waals surface area contributed by atoms with E-state index < -0.39 is 42.3 Å². The molecule has 2 aromatic carbocycles. The van der Waals surface area contributed by atoms with E-state index in [0.29, 0.717) is 43.5 Å². The Bertz CT molecular complexity index is 2550. The maximum Gasteiger partial charge on any atom is 0.306 e. The molecule has 468 valence electrons. The van der Waals surface area contributed by atoms with Gasteiger partial charge in [0.05, 0.1) is 57.4 Å². The molecule has 0 saturated carbocycles. The average molecular weight is 1170 g/mol. The maximum atomic E-state index is 13.2. The van der Waals surface area contributed by atoms with Crippen molar-refractivity contribution in [2.75, 3.05) is 33.0 Å². The molecule has 5 unspecified atom stereocenters. The molecule has 0 fully saturated rings. The highest BCUT2D eigenvalue weighted by atomic mass is 16.6. The normalized spacial score (nSPS) is 14.3. The molecule has 2 aromatic rings. The van der Waals surface area contributed by atoms with Crippen molar-refractivity contribution < 1.29 is 62.0 Å². The van der Waals surface area contributed by atoms with Crippen LogP contribution in [-0.4, -0.2) is 128 Å². The van der Waals surface area contributed by atoms with Gasteiger partial charge >= 0.3 is 23.9 Å². The van der Waals surface area contributed by atoms with Gasteiger partial charge in [-0.05, 0) is 163 Å². The first-order chi connectivity index (χ1) is 39.8. The fourth-order valence-electron chi connectivity index (χ4n) is 8.19. The lowest BCUT2D eigenvalue weighted by molar-refractivity contribution is -0.156. The van der Waals surface area contributed by atoms with Crippen LogP contribution in [0.15, 0.2) is 80.0 Å². The predicted molar refractivity (Wildman–Crippen MR) is 326 cm³/mol. The van der Waals surface area contributed by atoms with Crippen LogP contribution in [0.4, 0.5) is 0 Å². The number of ether oxygens (including phenoxy) is 6. The Labute approximate surface area is 499 Å². The van der Waals surface area contributed by atoms with Gasteiger partial charge in [0.1, 0.15) is 24.4 Å². The van der Waals surface area contributed by atoms with E-state index in [1.165, 1.54) is 6.07 Å². The minimum Gasteiger partial charge on any atom is -0.460 e. The van der Waals surface area contributed by atoms with Gasteiger partial charge in [-0.25, -0.2) is 5.43 Å². The predicted octanol–water partition coefficient (Wildman–Crippen LogP) is 11.5. The molecule has 0 radical (unpaired) electrons. The number of carbonyl (C=O) groups is 7. The van der Waals surface area contributed by atoms with Gasteiger partial charge in [0.15, 0.2) is 0 Å². The van der Waals surface area contributed by atoms with Crippen LogP contribution in [0.2, 0.25) is 0 Å². The zero-order valence-electron chi connectivity index (χ0n) is 53.0. The standard InChI is InChI=1S/C64H99N7O13/c1-16-52(43(6)27-31-56(72)81-47(10)39-79-40-48(11)82-57(73)32-28-44(7)67-63(14,17-2)18-3)38-65-60(76)54-25-22-26-55(36-54)62(78)71-70-46(9)30-34-59(75)84-50(13)42-80-41-49(12)83-58(74)33-29-45(8)69-66-37-51-23-21-24-53(35-51)61(77)68-64(15,19-4)20-5/h21-26,35-36,45,47-50H,16-20,27-34,37-42H2,1-15H3,(H,65,76)(H,68,77)(H,71,78). The number of azo groups is 1. The molecule has 3 N–H and O–H groups in total. The first-order valence-electron chi connectivity index (χ1n) is 29.9. The lowest BCUT2D eigenvalue weighted by Gasteiger charge is -2.28. The molecule has 0 aliphatic heterocycles. The SMILES string of the molecule is CCC(CNC(=O)c1cccc(C(=O)NN=C(C)CCC(=O)OC(C)COCC(C)OC(=O)CCC(C)N=NCc2cccc(C(=O)NC(C)(CC)CC)c2)c1)=C(C)CCC(=O)OC(C)COCC(C)OC(=O)CCC(C)=NC(C)(CC)CC. The van der Waals surface area contributed by atoms with Gasteiger partial charge in [0.25, 0.3) is 17.7 Å². The Kier molecular flexibility index (Phi) is 34.1. The van der Waals surface area contributed by atoms with Crippen molar-refractivity contribution in [1.82, 2.24) is 16.1 Å². The fraction of sp³-hybridized carbons (Fsp3) is 0.641. The minimum absolute atomic E-state index is 0.00491. The first-order valence-corrected chi connectivity index (χ1v) is 29.9. The third kappa shape index (κ3) is 30.2. The number of nitrogens with zero attached hydrogens (tertiary/aromatic N) is 4. The largest absolute Gasteiger partial charge is 0.460 e. The monoisotopic (exact) mass is 1170 g/mol. The minimum atomic E-state index is -0.575. The summed E-state index contributed by atoms with van der Waals surface area (Å²) in [5.41, 5.74) is 7.32. The molecular formula is C64H99N7O13. The number of benzene rings is 2. The van der Waals surface area contributed by atoms with Gasteiger partial charge in [-0.1, -0.05) is 64.0 Å². The number of esters is 4. The number of hydrazone groups is 1. The quantitative estimate of drug-likeness (QED) is 0.0140. The summed E-state index contributed by atoms with van der Waals surface area (Å²) in [5.74, 6) is -2.62. The highest BCUT2D eigenvalue weighted by Crippen LogP contribution is 2.21. The summed E-state index contributed by atoms with van der Waals surface area (Å²) in [6, 6.07) is 13.3. The molecule has 0 saturated heterocycles. The van der Waals surface area contributed by atoms with Crippen LogP contribution >= 0.6 is 0 Å². The molecule has 0 aromatic heterocycles. The smallest absolute Gasteiger partial charge is 0.306 e. The van der Waals surface area contributed by atoms with E-state index in [0.717, 1.165) is 48.1 Å². The molecule has 0 bridgehead atoms. The van der Waals surface area contributed by atoms with E-state index in [1.807, 2.05) is 52.8 Å². The van der Waals surface area contributed by atoms with Crippen molar-refractivity contribution in [1.29, 1.82) is 0 Å². The van der Waals surface area contributed by atoms with Gasteiger partial charge in [0, 0.05) is 53.0 Å². The highest BCUT2D eigenvalue weighted by molar-refractivity contribution is 6.00. The number of aliphatic imine (C=N–C) groups is 1. The van der Waals surface area contributed by atoms with Crippen LogP contribution in [0, 0.1) is 0 Å². The number of hydrogen-bond donors (Lipinski definition) is 3. The number of allylic oxidation sites excluding steroid dienone is 1. The maximum absolute atomic E-state index is 13.2. The van der Waals surface area contributed by atoms with Crippen molar-refractivity contribution in [3.63, 3.8) is 0 Å². The van der Waals surface area contributed by atoms with Crippen molar-refractivity contribution in [3.8, 4) is 0 Å². The Balaban J connectivity index is 1.68. The molecule has 84 heavy (non-hydrogen) atoms. The van der Waals surface area contributed by atoms with Crippen molar-refractivity contribution in [2.24, 2.45) is 20.3 Å². The second-order valence-corrected chi connectivity index (χ2v) is 22.3. The molecular weight excluding hydrogens is 1070 g/mol. The number of rotatable bonds is 40. The molecule has 3 amide bonds. The van der Waals surface area contributed by atoms with E-state index in [1.54, 1.807) is 58.9 Å². The molecule has 5 atom stereocenters. The van der Waals surface area contributed by atoms with Gasteiger partial charge in [0.2, 0.25) is 0 Å². The van der Waals surface area contributed by atoms with Crippen molar-refractivity contribution >= 4 is 53.0 Å². The van der Waals surface area contributed by atoms with Crippen LogP contribution in [0.25, 0.3) is 0 Å². The number of amides is 3. The van der Waals surface area contributed by atoms with E-state index >= 15 is 0 Å². The summed E-state index contributed by atoms with van der Waals surface area (Å²) in [6.45, 7) is 29.8. The van der Waals surface area contributed by atoms with Crippen molar-refractivity contribution in [2.45, 2.75) is 235 Å². The number of hydrogen-bond acceptors (Lipinski definition) is 17. The zero-order chi connectivity index (χ0) is 62.8. The molecule has 20 heteroatoms. The number of carbonyl (C=O) groups excluding carboxylic acids is 7. The van der Waals surface area contributed by atoms with E-state index in [9.17, 15) is 33.6 Å². The van der Waals surface area contributed by atoms with Gasteiger partial charge in [-0.2, -0.15) is 15.3 Å². The summed E-state index contributed by atoms with van der Waals surface area (Å²) < 4.78 is 33.3. The van der Waals surface area contributed by atoms with Crippen LogP contribution in [0.1, 0.15) is 224 Å². The van der Waals surface area contributed by atoms with Crippen LogP contribution in [0.5, 0.6) is 0 Å². The van der Waals surface area contributed by atoms with Gasteiger partial charge in [-0.15, -0.1) is 0 Å². The summed E-state index contributed by atoms with van der Waals surface area (Å²) >= 11 is 0. The van der Waals surface area contributed by atoms with Crippen LogP contribution in [0.3, 0.4) is 0 Å². The summed E-state index contributed by atoms with van der Waals surface area (Å²) in [7, 11) is 0. The van der Waals surface area contributed by atoms with Gasteiger partial charge < -0.3 is 39.1 Å². The van der Waals surface area contributed by atoms with E-state index in [-0.39, 0.29) is 117 Å². The summed E-state index contributed by atoms with van der Waals surface area (Å²) in [4.78, 5) is 94.1. The lowest BCUT2D eigenvalue weighted by atomic mass is 9.95. The van der Waals surface area contributed by atoms with Crippen LogP contribution in [-0.2, 0) is 54.1 Å². The molecule has 20 nitrogen and oxygen atoms in total. The van der Waals surface area contributed by atoms with Crippen molar-refractivity contribution in [3.05, 3.63) is 81.9 Å². The Morgan fingerprint density at radius 3 is 1.51 bits per heavy atom. The molecule has 0 aliphatic carbocycles. The molecule has 0 aliphatic rings. The summed E-state index contributed by atoms with van der Waals surface area (Å²) in [6.07, 6.45) is 4.23. The van der Waals surface area contributed by atoms with Crippen LogP contribution < -0.4 is 16.1 Å². The topological polar surface area (TPSA) is 260 Å². The first kappa shape index (κ1) is 73.4. The van der Waals surface area contributed by atoms with E-state index in [2.05, 4.69) is 66.0 Å².